The Hall–Kier alpha value is -1.30. The van der Waals surface area contributed by atoms with Gasteiger partial charge < -0.3 is 14.8 Å². The molecule has 0 radical (unpaired) electrons. The van der Waals surface area contributed by atoms with Crippen molar-refractivity contribution in [3.8, 4) is 0 Å². The predicted octanol–water partition coefficient (Wildman–Crippen LogP) is 2.41. The third-order valence-corrected chi connectivity index (χ3v) is 3.07. The molecule has 0 aliphatic carbocycles. The van der Waals surface area contributed by atoms with Crippen molar-refractivity contribution >= 4 is 5.97 Å². The van der Waals surface area contributed by atoms with Crippen LogP contribution in [0.15, 0.2) is 5.11 Å². The number of nitrogens with zero attached hydrogens (tertiary/aromatic N) is 3. The fraction of sp³-hybridized carbons (Fsp3) is 0.923. The van der Waals surface area contributed by atoms with Gasteiger partial charge in [-0.05, 0) is 46.2 Å². The molecule has 0 aliphatic heterocycles. The summed E-state index contributed by atoms with van der Waals surface area (Å²) in [5.74, 6) is -0.297. The standard InChI is InChI=1S/C13H26N4O3/c1-6-20-11(18)13(4,10-12(2,3)19-5)15-8-7-9-16-17-14/h15H,6-10H2,1-5H3. The van der Waals surface area contributed by atoms with Crippen LogP contribution in [0.25, 0.3) is 10.4 Å². The molecular formula is C13H26N4O3. The van der Waals surface area contributed by atoms with Crippen LogP contribution < -0.4 is 5.32 Å². The number of methoxy groups -OCH3 is 1. The molecule has 0 heterocycles. The van der Waals surface area contributed by atoms with Gasteiger partial charge in [0.05, 0.1) is 12.2 Å². The summed E-state index contributed by atoms with van der Waals surface area (Å²) in [5, 5.41) is 6.66. The van der Waals surface area contributed by atoms with Gasteiger partial charge in [0.25, 0.3) is 0 Å². The first-order valence-corrected chi connectivity index (χ1v) is 6.79. The number of carbonyl (C=O) groups excluding carboxylic acids is 1. The van der Waals surface area contributed by atoms with E-state index in [-0.39, 0.29) is 5.97 Å². The molecule has 7 nitrogen and oxygen atoms in total. The largest absolute Gasteiger partial charge is 0.465 e. The Bertz CT molecular complexity index is 354. The van der Waals surface area contributed by atoms with Crippen molar-refractivity contribution in [2.45, 2.75) is 51.7 Å². The van der Waals surface area contributed by atoms with E-state index in [1.165, 1.54) is 0 Å². The second kappa shape index (κ2) is 8.79. The van der Waals surface area contributed by atoms with Crippen molar-refractivity contribution in [2.75, 3.05) is 26.8 Å². The molecule has 0 aromatic carbocycles. The number of rotatable bonds is 10. The molecule has 0 aromatic rings. The summed E-state index contributed by atoms with van der Waals surface area (Å²) in [6.07, 6.45) is 1.14. The van der Waals surface area contributed by atoms with Crippen LogP contribution in [-0.4, -0.2) is 43.9 Å². The molecule has 0 rings (SSSR count). The third kappa shape index (κ3) is 6.75. The van der Waals surface area contributed by atoms with Gasteiger partial charge in [0.1, 0.15) is 5.54 Å². The van der Waals surface area contributed by atoms with E-state index in [0.717, 1.165) is 0 Å². The van der Waals surface area contributed by atoms with E-state index in [1.807, 2.05) is 13.8 Å². The van der Waals surface area contributed by atoms with Gasteiger partial charge in [-0.15, -0.1) is 0 Å². The lowest BCUT2D eigenvalue weighted by atomic mass is 9.87. The maximum absolute atomic E-state index is 12.2. The van der Waals surface area contributed by atoms with Crippen LogP contribution in [0.5, 0.6) is 0 Å². The molecule has 0 aliphatic rings. The van der Waals surface area contributed by atoms with E-state index in [0.29, 0.717) is 32.5 Å². The van der Waals surface area contributed by atoms with Crippen LogP contribution in [0.3, 0.4) is 0 Å². The number of esters is 1. The number of carbonyl (C=O) groups is 1. The molecule has 1 atom stereocenters. The normalized spacial score (nSPS) is 14.2. The third-order valence-electron chi connectivity index (χ3n) is 3.07. The highest BCUT2D eigenvalue weighted by Gasteiger charge is 2.39. The Labute approximate surface area is 120 Å². The topological polar surface area (TPSA) is 96.3 Å². The predicted molar refractivity (Wildman–Crippen MR) is 77.4 cm³/mol. The molecular weight excluding hydrogens is 260 g/mol. The molecule has 0 saturated carbocycles. The average molecular weight is 286 g/mol. The van der Waals surface area contributed by atoms with E-state index in [2.05, 4.69) is 15.3 Å². The van der Waals surface area contributed by atoms with Gasteiger partial charge in [-0.3, -0.25) is 4.79 Å². The van der Waals surface area contributed by atoms with Gasteiger partial charge in [-0.1, -0.05) is 5.11 Å². The Balaban J connectivity index is 4.69. The summed E-state index contributed by atoms with van der Waals surface area (Å²) in [6, 6.07) is 0. The molecule has 116 valence electrons. The summed E-state index contributed by atoms with van der Waals surface area (Å²) >= 11 is 0. The van der Waals surface area contributed by atoms with Crippen molar-refractivity contribution in [1.82, 2.24) is 5.32 Å². The number of azide groups is 1. The fourth-order valence-corrected chi connectivity index (χ4v) is 1.98. The van der Waals surface area contributed by atoms with Crippen molar-refractivity contribution in [1.29, 1.82) is 0 Å². The Morgan fingerprint density at radius 3 is 2.55 bits per heavy atom. The van der Waals surface area contributed by atoms with Crippen LogP contribution >= 0.6 is 0 Å². The number of hydrogen-bond acceptors (Lipinski definition) is 5. The lowest BCUT2D eigenvalue weighted by Gasteiger charge is -2.35. The lowest BCUT2D eigenvalue weighted by Crippen LogP contribution is -2.54. The van der Waals surface area contributed by atoms with Crippen LogP contribution in [-0.2, 0) is 14.3 Å². The number of hydrogen-bond donors (Lipinski definition) is 1. The van der Waals surface area contributed by atoms with Gasteiger partial charge in [-0.2, -0.15) is 0 Å². The van der Waals surface area contributed by atoms with E-state index in [4.69, 9.17) is 15.0 Å². The van der Waals surface area contributed by atoms with Gasteiger partial charge >= 0.3 is 5.97 Å². The van der Waals surface area contributed by atoms with Crippen molar-refractivity contribution < 1.29 is 14.3 Å². The highest BCUT2D eigenvalue weighted by Crippen LogP contribution is 2.24. The molecule has 0 amide bonds. The van der Waals surface area contributed by atoms with Crippen molar-refractivity contribution in [3.63, 3.8) is 0 Å². The molecule has 1 unspecified atom stereocenters. The molecule has 1 N–H and O–H groups in total. The Kier molecular flexibility index (Phi) is 8.22. The monoisotopic (exact) mass is 286 g/mol. The van der Waals surface area contributed by atoms with E-state index in [1.54, 1.807) is 21.0 Å². The summed E-state index contributed by atoms with van der Waals surface area (Å²) in [7, 11) is 1.62. The molecule has 0 fully saturated rings. The number of nitrogens with one attached hydrogen (secondary N) is 1. The fourth-order valence-electron chi connectivity index (χ4n) is 1.98. The summed E-state index contributed by atoms with van der Waals surface area (Å²) in [6.45, 7) is 8.73. The van der Waals surface area contributed by atoms with E-state index >= 15 is 0 Å². The molecule has 20 heavy (non-hydrogen) atoms. The summed E-state index contributed by atoms with van der Waals surface area (Å²) < 4.78 is 10.5. The van der Waals surface area contributed by atoms with Crippen LogP contribution in [0.4, 0.5) is 0 Å². The van der Waals surface area contributed by atoms with Gasteiger partial charge in [-0.25, -0.2) is 0 Å². The first kappa shape index (κ1) is 18.7. The van der Waals surface area contributed by atoms with Crippen molar-refractivity contribution in [3.05, 3.63) is 10.4 Å². The Morgan fingerprint density at radius 2 is 2.05 bits per heavy atom. The first-order chi connectivity index (χ1) is 9.31. The highest BCUT2D eigenvalue weighted by molar-refractivity contribution is 5.80. The van der Waals surface area contributed by atoms with Gasteiger partial charge in [0, 0.05) is 25.0 Å². The molecule has 0 spiro atoms. The zero-order valence-corrected chi connectivity index (χ0v) is 13.1. The second-order valence-electron chi connectivity index (χ2n) is 5.43. The second-order valence-corrected chi connectivity index (χ2v) is 5.43. The minimum atomic E-state index is -0.828. The Morgan fingerprint density at radius 1 is 1.40 bits per heavy atom. The first-order valence-electron chi connectivity index (χ1n) is 6.79. The summed E-state index contributed by atoms with van der Waals surface area (Å²) in [4.78, 5) is 14.8. The maximum Gasteiger partial charge on any atom is 0.326 e. The van der Waals surface area contributed by atoms with E-state index in [9.17, 15) is 4.79 Å². The van der Waals surface area contributed by atoms with Gasteiger partial charge in [0.15, 0.2) is 0 Å². The molecule has 0 aromatic heterocycles. The zero-order valence-electron chi connectivity index (χ0n) is 13.1. The van der Waals surface area contributed by atoms with E-state index < -0.39 is 11.1 Å². The minimum Gasteiger partial charge on any atom is -0.465 e. The highest BCUT2D eigenvalue weighted by atomic mass is 16.5. The van der Waals surface area contributed by atoms with Crippen LogP contribution in [0.2, 0.25) is 0 Å². The molecule has 0 saturated heterocycles. The lowest BCUT2D eigenvalue weighted by molar-refractivity contribution is -0.153. The number of ether oxygens (including phenoxy) is 2. The maximum atomic E-state index is 12.2. The average Bonchev–Trinajstić information content (AvgIpc) is 2.38. The SMILES string of the molecule is CCOC(=O)C(C)(CC(C)(C)OC)NCCCN=[N+]=[N-]. The van der Waals surface area contributed by atoms with Crippen LogP contribution in [0, 0.1) is 0 Å². The molecule has 7 heteroatoms. The smallest absolute Gasteiger partial charge is 0.326 e. The quantitative estimate of drug-likeness (QED) is 0.219. The van der Waals surface area contributed by atoms with Crippen LogP contribution in [0.1, 0.15) is 40.5 Å². The summed E-state index contributed by atoms with van der Waals surface area (Å²) in [5.41, 5.74) is 6.94. The zero-order chi connectivity index (χ0) is 15.6. The molecule has 0 bridgehead atoms. The minimum absolute atomic E-state index is 0.297. The van der Waals surface area contributed by atoms with Crippen molar-refractivity contribution in [2.24, 2.45) is 5.11 Å². The van der Waals surface area contributed by atoms with Gasteiger partial charge in [0.2, 0.25) is 0 Å².